The van der Waals surface area contributed by atoms with Gasteiger partial charge in [0.25, 0.3) is 0 Å². The highest BCUT2D eigenvalue weighted by molar-refractivity contribution is 5.80. The van der Waals surface area contributed by atoms with Gasteiger partial charge in [-0.05, 0) is 25.0 Å². The second kappa shape index (κ2) is 8.79. The Labute approximate surface area is 164 Å². The molecule has 1 saturated heterocycles. The summed E-state index contributed by atoms with van der Waals surface area (Å²) in [5.41, 5.74) is 1.80. The molecule has 0 aliphatic carbocycles. The zero-order valence-electron chi connectivity index (χ0n) is 15.9. The van der Waals surface area contributed by atoms with E-state index >= 15 is 0 Å². The maximum Gasteiger partial charge on any atom is 0.172 e. The van der Waals surface area contributed by atoms with Crippen LogP contribution in [0.15, 0.2) is 49.6 Å². The number of aromatic nitrogens is 5. The minimum atomic E-state index is 0.200. The predicted octanol–water partition coefficient (Wildman–Crippen LogP) is 2.50. The maximum atomic E-state index is 5.83. The van der Waals surface area contributed by atoms with Gasteiger partial charge in [-0.3, -0.25) is 4.68 Å². The summed E-state index contributed by atoms with van der Waals surface area (Å²) >= 11 is 0. The van der Waals surface area contributed by atoms with Crippen LogP contribution in [-0.2, 0) is 11.3 Å². The summed E-state index contributed by atoms with van der Waals surface area (Å²) in [6.45, 7) is 7.62. The predicted molar refractivity (Wildman–Crippen MR) is 109 cm³/mol. The van der Waals surface area contributed by atoms with Crippen LogP contribution >= 0.6 is 0 Å². The van der Waals surface area contributed by atoms with Crippen molar-refractivity contribution in [2.24, 2.45) is 0 Å². The van der Waals surface area contributed by atoms with Crippen LogP contribution in [0.25, 0.3) is 11.0 Å². The van der Waals surface area contributed by atoms with Gasteiger partial charge < -0.3 is 15.0 Å². The normalized spacial score (nSPS) is 16.6. The molecular formula is C20H25N7O. The molecule has 8 nitrogen and oxygen atoms in total. The fourth-order valence-corrected chi connectivity index (χ4v) is 3.39. The molecule has 1 aliphatic rings. The van der Waals surface area contributed by atoms with E-state index < -0.39 is 0 Å². The molecule has 4 rings (SSSR count). The Morgan fingerprint density at radius 1 is 1.25 bits per heavy atom. The molecule has 146 valence electrons. The number of fused-ring (bicyclic) bond motifs is 1. The van der Waals surface area contributed by atoms with Crippen molar-refractivity contribution in [3.8, 4) is 0 Å². The molecule has 1 unspecified atom stereocenters. The molecule has 3 heterocycles. The topological polar surface area (TPSA) is 81.0 Å². The Morgan fingerprint density at radius 2 is 2.11 bits per heavy atom. The van der Waals surface area contributed by atoms with E-state index in [9.17, 15) is 0 Å². The molecule has 0 spiro atoms. The van der Waals surface area contributed by atoms with Gasteiger partial charge in [-0.15, -0.1) is 6.58 Å². The number of hydrogen-bond donors (Lipinski definition) is 1. The number of anilines is 2. The minimum absolute atomic E-state index is 0.200. The first kappa shape index (κ1) is 18.4. The lowest BCUT2D eigenvalue weighted by molar-refractivity contribution is 0.0909. The number of aryl methyl sites for hydroxylation is 1. The number of benzene rings is 1. The van der Waals surface area contributed by atoms with Crippen LogP contribution in [0.4, 0.5) is 11.6 Å². The SMILES string of the molecule is C=CCOC1CCN(c2nc3ccccc3nc2NCCCn2cncn2)C1. The number of nitrogens with zero attached hydrogens (tertiary/aromatic N) is 6. The molecule has 0 amide bonds. The Kier molecular flexibility index (Phi) is 5.77. The number of rotatable bonds is 9. The summed E-state index contributed by atoms with van der Waals surface area (Å²) in [4.78, 5) is 16.0. The summed E-state index contributed by atoms with van der Waals surface area (Å²) in [5.74, 6) is 1.71. The van der Waals surface area contributed by atoms with E-state index in [1.807, 2.05) is 28.9 Å². The first-order valence-electron chi connectivity index (χ1n) is 9.64. The third kappa shape index (κ3) is 4.28. The summed E-state index contributed by atoms with van der Waals surface area (Å²) in [6.07, 6.45) is 7.18. The van der Waals surface area contributed by atoms with E-state index in [1.165, 1.54) is 0 Å². The van der Waals surface area contributed by atoms with Gasteiger partial charge in [-0.25, -0.2) is 15.0 Å². The third-order valence-corrected chi connectivity index (χ3v) is 4.77. The zero-order chi connectivity index (χ0) is 19.2. The fourth-order valence-electron chi connectivity index (χ4n) is 3.39. The molecule has 3 aromatic rings. The Balaban J connectivity index is 1.48. The van der Waals surface area contributed by atoms with Crippen LogP contribution in [0, 0.1) is 0 Å². The smallest absolute Gasteiger partial charge is 0.172 e. The molecule has 0 bridgehead atoms. The minimum Gasteiger partial charge on any atom is -0.372 e. The van der Waals surface area contributed by atoms with E-state index in [0.29, 0.717) is 6.61 Å². The van der Waals surface area contributed by atoms with E-state index in [0.717, 1.165) is 61.7 Å². The molecule has 1 fully saturated rings. The molecule has 2 aromatic heterocycles. The van der Waals surface area contributed by atoms with Gasteiger partial charge in [0.15, 0.2) is 11.6 Å². The quantitative estimate of drug-likeness (QED) is 0.452. The molecule has 1 aliphatic heterocycles. The van der Waals surface area contributed by atoms with E-state index in [2.05, 4.69) is 26.9 Å². The van der Waals surface area contributed by atoms with Crippen molar-refractivity contribution in [3.05, 3.63) is 49.6 Å². The largest absolute Gasteiger partial charge is 0.372 e. The maximum absolute atomic E-state index is 5.83. The van der Waals surface area contributed by atoms with E-state index in [1.54, 1.807) is 18.7 Å². The van der Waals surface area contributed by atoms with Gasteiger partial charge in [-0.2, -0.15) is 5.10 Å². The molecular weight excluding hydrogens is 354 g/mol. The van der Waals surface area contributed by atoms with Crippen LogP contribution in [0.1, 0.15) is 12.8 Å². The van der Waals surface area contributed by atoms with Gasteiger partial charge in [0.1, 0.15) is 12.7 Å². The van der Waals surface area contributed by atoms with Crippen LogP contribution in [0.5, 0.6) is 0 Å². The van der Waals surface area contributed by atoms with E-state index in [-0.39, 0.29) is 6.10 Å². The molecule has 1 aromatic carbocycles. The molecule has 28 heavy (non-hydrogen) atoms. The Morgan fingerprint density at radius 3 is 2.89 bits per heavy atom. The summed E-state index contributed by atoms with van der Waals surface area (Å²) in [6, 6.07) is 7.97. The lowest BCUT2D eigenvalue weighted by atomic mass is 10.3. The number of hydrogen-bond acceptors (Lipinski definition) is 7. The van der Waals surface area contributed by atoms with Gasteiger partial charge in [-0.1, -0.05) is 18.2 Å². The van der Waals surface area contributed by atoms with Crippen molar-refractivity contribution in [2.45, 2.75) is 25.5 Å². The molecule has 0 saturated carbocycles. The van der Waals surface area contributed by atoms with Crippen LogP contribution in [0.3, 0.4) is 0 Å². The fraction of sp³-hybridized carbons (Fsp3) is 0.400. The Hall–Kier alpha value is -3.00. The van der Waals surface area contributed by atoms with Gasteiger partial charge in [0.05, 0.1) is 23.7 Å². The highest BCUT2D eigenvalue weighted by Gasteiger charge is 2.26. The average Bonchev–Trinajstić information content (AvgIpc) is 3.41. The lowest BCUT2D eigenvalue weighted by Gasteiger charge is -2.21. The van der Waals surface area contributed by atoms with Crippen molar-refractivity contribution < 1.29 is 4.74 Å². The highest BCUT2D eigenvalue weighted by atomic mass is 16.5. The highest BCUT2D eigenvalue weighted by Crippen LogP contribution is 2.28. The lowest BCUT2D eigenvalue weighted by Crippen LogP contribution is -2.25. The first-order chi connectivity index (χ1) is 13.8. The summed E-state index contributed by atoms with van der Waals surface area (Å²) < 4.78 is 7.66. The second-order valence-electron chi connectivity index (χ2n) is 6.80. The molecule has 1 N–H and O–H groups in total. The van der Waals surface area contributed by atoms with E-state index in [4.69, 9.17) is 14.7 Å². The van der Waals surface area contributed by atoms with Crippen molar-refractivity contribution in [3.63, 3.8) is 0 Å². The van der Waals surface area contributed by atoms with Crippen molar-refractivity contribution >= 4 is 22.7 Å². The van der Waals surface area contributed by atoms with Gasteiger partial charge >= 0.3 is 0 Å². The molecule has 1 atom stereocenters. The van der Waals surface area contributed by atoms with Crippen molar-refractivity contribution in [1.82, 2.24) is 24.7 Å². The zero-order valence-corrected chi connectivity index (χ0v) is 15.9. The van der Waals surface area contributed by atoms with Crippen LogP contribution < -0.4 is 10.2 Å². The average molecular weight is 379 g/mol. The van der Waals surface area contributed by atoms with Gasteiger partial charge in [0.2, 0.25) is 0 Å². The third-order valence-electron chi connectivity index (χ3n) is 4.77. The standard InChI is InChI=1S/C20H25N7O/c1-2-12-28-16-8-11-26(13-16)20-19(22-9-5-10-27-15-21-14-23-27)24-17-6-3-4-7-18(17)25-20/h2-4,6-7,14-16H,1,5,8-13H2,(H,22,24). The summed E-state index contributed by atoms with van der Waals surface area (Å²) in [7, 11) is 0. The first-order valence-corrected chi connectivity index (χ1v) is 9.64. The number of ether oxygens (including phenoxy) is 1. The number of nitrogens with one attached hydrogen (secondary N) is 1. The molecule has 8 heteroatoms. The summed E-state index contributed by atoms with van der Waals surface area (Å²) in [5, 5.41) is 7.60. The Bertz CT molecular complexity index is 912. The van der Waals surface area contributed by atoms with Crippen molar-refractivity contribution in [2.75, 3.05) is 36.5 Å². The van der Waals surface area contributed by atoms with Crippen LogP contribution in [0.2, 0.25) is 0 Å². The van der Waals surface area contributed by atoms with Crippen LogP contribution in [-0.4, -0.2) is 57.1 Å². The monoisotopic (exact) mass is 379 g/mol. The van der Waals surface area contributed by atoms with Gasteiger partial charge in [0, 0.05) is 26.2 Å². The molecule has 0 radical (unpaired) electrons. The van der Waals surface area contributed by atoms with Crippen molar-refractivity contribution in [1.29, 1.82) is 0 Å². The number of para-hydroxylation sites is 2. The second-order valence-corrected chi connectivity index (χ2v) is 6.80.